The Balaban J connectivity index is 2.88. The molecule has 1 rings (SSSR count). The Morgan fingerprint density at radius 3 is 2.44 bits per heavy atom. The van der Waals surface area contributed by atoms with Crippen LogP contribution in [-0.2, 0) is 9.53 Å². The average Bonchev–Trinajstić information content (AvgIpc) is 2.36. The summed E-state index contributed by atoms with van der Waals surface area (Å²) in [5.74, 6) is 0.574. The van der Waals surface area contributed by atoms with Crippen LogP contribution in [-0.4, -0.2) is 33.8 Å². The maximum atomic E-state index is 11.7. The lowest BCUT2D eigenvalue weighted by atomic mass is 9.93. The molecule has 0 saturated carbocycles. The number of hydrogen-bond donors (Lipinski definition) is 0. The van der Waals surface area contributed by atoms with E-state index in [0.29, 0.717) is 6.54 Å². The van der Waals surface area contributed by atoms with Gasteiger partial charge in [-0.25, -0.2) is 0 Å². The third-order valence-corrected chi connectivity index (χ3v) is 2.87. The van der Waals surface area contributed by atoms with Crippen molar-refractivity contribution in [1.82, 2.24) is 0 Å². The molecule has 0 amide bonds. The van der Waals surface area contributed by atoms with Gasteiger partial charge in [-0.15, -0.1) is 0 Å². The predicted octanol–water partition coefficient (Wildman–Crippen LogP) is 2.33. The largest absolute Gasteiger partial charge is 0.495 e. The van der Waals surface area contributed by atoms with Crippen LogP contribution >= 0.6 is 0 Å². The molecule has 0 unspecified atom stereocenters. The van der Waals surface area contributed by atoms with E-state index in [1.54, 1.807) is 7.11 Å². The molecule has 0 aromatic heterocycles. The fourth-order valence-corrected chi connectivity index (χ4v) is 1.96. The first-order valence-electron chi connectivity index (χ1n) is 5.85. The van der Waals surface area contributed by atoms with Gasteiger partial charge in [-0.3, -0.25) is 4.79 Å². The fraction of sp³-hybridized carbons (Fsp3) is 0.500. The highest BCUT2D eigenvalue weighted by molar-refractivity contribution is 5.77. The van der Waals surface area contributed by atoms with Gasteiger partial charge in [-0.1, -0.05) is 12.1 Å². The molecule has 1 aromatic rings. The highest BCUT2D eigenvalue weighted by Gasteiger charge is 2.30. The minimum atomic E-state index is -0.565. The fourth-order valence-electron chi connectivity index (χ4n) is 1.96. The van der Waals surface area contributed by atoms with E-state index in [9.17, 15) is 4.79 Å². The molecule has 0 bridgehead atoms. The second-order valence-corrected chi connectivity index (χ2v) is 4.90. The van der Waals surface area contributed by atoms with E-state index in [4.69, 9.17) is 9.47 Å². The molecule has 0 fully saturated rings. The number of esters is 1. The molecule has 0 spiro atoms. The van der Waals surface area contributed by atoms with Gasteiger partial charge in [-0.05, 0) is 26.0 Å². The number of hydrogen-bond acceptors (Lipinski definition) is 4. The third-order valence-electron chi connectivity index (χ3n) is 2.87. The molecular weight excluding hydrogens is 230 g/mol. The zero-order chi connectivity index (χ0) is 13.8. The molecule has 4 nitrogen and oxygen atoms in total. The Morgan fingerprint density at radius 1 is 1.28 bits per heavy atom. The van der Waals surface area contributed by atoms with Crippen molar-refractivity contribution in [3.63, 3.8) is 0 Å². The third kappa shape index (κ3) is 3.15. The molecule has 1 aromatic carbocycles. The number of nitrogens with zero attached hydrogens (tertiary/aromatic N) is 1. The van der Waals surface area contributed by atoms with E-state index >= 15 is 0 Å². The van der Waals surface area contributed by atoms with Crippen molar-refractivity contribution in [1.29, 1.82) is 0 Å². The average molecular weight is 251 g/mol. The van der Waals surface area contributed by atoms with Crippen LogP contribution in [0.4, 0.5) is 5.69 Å². The van der Waals surface area contributed by atoms with Gasteiger partial charge in [0.2, 0.25) is 0 Å². The SMILES string of the molecule is COC(=O)C(C)(C)CN(C)c1ccccc1OC. The first kappa shape index (κ1) is 14.4. The Labute approximate surface area is 108 Å². The summed E-state index contributed by atoms with van der Waals surface area (Å²) in [7, 11) is 4.98. The number of carbonyl (C=O) groups is 1. The van der Waals surface area contributed by atoms with Crippen LogP contribution in [0.3, 0.4) is 0 Å². The van der Waals surface area contributed by atoms with E-state index in [0.717, 1.165) is 11.4 Å². The highest BCUT2D eigenvalue weighted by Crippen LogP contribution is 2.29. The van der Waals surface area contributed by atoms with Crippen molar-refractivity contribution in [2.45, 2.75) is 13.8 Å². The molecule has 0 N–H and O–H groups in total. The van der Waals surface area contributed by atoms with Gasteiger partial charge < -0.3 is 14.4 Å². The summed E-state index contributed by atoms with van der Waals surface area (Å²) < 4.78 is 10.1. The van der Waals surface area contributed by atoms with Crippen LogP contribution in [0.5, 0.6) is 5.75 Å². The number of methoxy groups -OCH3 is 2. The van der Waals surface area contributed by atoms with Gasteiger partial charge in [0.15, 0.2) is 0 Å². The lowest BCUT2D eigenvalue weighted by Crippen LogP contribution is -2.38. The van der Waals surface area contributed by atoms with E-state index in [1.165, 1.54) is 7.11 Å². The Morgan fingerprint density at radius 2 is 1.89 bits per heavy atom. The Kier molecular flexibility index (Phi) is 4.59. The zero-order valence-corrected chi connectivity index (χ0v) is 11.7. The summed E-state index contributed by atoms with van der Waals surface area (Å²) >= 11 is 0. The van der Waals surface area contributed by atoms with Gasteiger partial charge in [-0.2, -0.15) is 0 Å². The molecule has 0 radical (unpaired) electrons. The summed E-state index contributed by atoms with van der Waals surface area (Å²) in [5, 5.41) is 0. The highest BCUT2D eigenvalue weighted by atomic mass is 16.5. The second kappa shape index (κ2) is 5.76. The van der Waals surface area contributed by atoms with Gasteiger partial charge >= 0.3 is 5.97 Å². The molecule has 0 aliphatic heterocycles. The number of anilines is 1. The molecule has 100 valence electrons. The maximum Gasteiger partial charge on any atom is 0.313 e. The summed E-state index contributed by atoms with van der Waals surface area (Å²) in [6.45, 7) is 4.29. The molecular formula is C14H21NO3. The molecule has 4 heteroatoms. The molecule has 0 saturated heterocycles. The molecule has 0 atom stereocenters. The van der Waals surface area contributed by atoms with Crippen molar-refractivity contribution in [3.05, 3.63) is 24.3 Å². The monoisotopic (exact) mass is 251 g/mol. The summed E-state index contributed by atoms with van der Waals surface area (Å²) in [4.78, 5) is 13.7. The van der Waals surface area contributed by atoms with Gasteiger partial charge in [0.25, 0.3) is 0 Å². The van der Waals surface area contributed by atoms with Crippen molar-refractivity contribution < 1.29 is 14.3 Å². The summed E-state index contributed by atoms with van der Waals surface area (Å²) in [5.41, 5.74) is 0.390. The Hall–Kier alpha value is -1.71. The van der Waals surface area contributed by atoms with Crippen LogP contribution in [0, 0.1) is 5.41 Å². The lowest BCUT2D eigenvalue weighted by molar-refractivity contribution is -0.150. The van der Waals surface area contributed by atoms with Crippen molar-refractivity contribution in [2.24, 2.45) is 5.41 Å². The van der Waals surface area contributed by atoms with Gasteiger partial charge in [0.1, 0.15) is 5.75 Å². The molecule has 18 heavy (non-hydrogen) atoms. The first-order valence-corrected chi connectivity index (χ1v) is 5.85. The molecule has 0 heterocycles. The lowest BCUT2D eigenvalue weighted by Gasteiger charge is -2.30. The van der Waals surface area contributed by atoms with Crippen LogP contribution in [0.2, 0.25) is 0 Å². The van der Waals surface area contributed by atoms with Crippen LogP contribution in [0.25, 0.3) is 0 Å². The number of ether oxygens (including phenoxy) is 2. The van der Waals surface area contributed by atoms with E-state index in [1.807, 2.05) is 50.1 Å². The standard InChI is InChI=1S/C14H21NO3/c1-14(2,13(16)18-5)10-15(3)11-8-6-7-9-12(11)17-4/h6-9H,10H2,1-5H3. The zero-order valence-electron chi connectivity index (χ0n) is 11.7. The summed E-state index contributed by atoms with van der Waals surface area (Å²) in [6.07, 6.45) is 0. The van der Waals surface area contributed by atoms with E-state index in [2.05, 4.69) is 0 Å². The van der Waals surface area contributed by atoms with Crippen LogP contribution in [0.1, 0.15) is 13.8 Å². The van der Waals surface area contributed by atoms with Crippen molar-refractivity contribution in [2.75, 3.05) is 32.7 Å². The van der Waals surface area contributed by atoms with Crippen LogP contribution in [0.15, 0.2) is 24.3 Å². The minimum absolute atomic E-state index is 0.218. The minimum Gasteiger partial charge on any atom is -0.495 e. The molecule has 0 aliphatic rings. The first-order chi connectivity index (χ1) is 8.42. The van der Waals surface area contributed by atoms with Gasteiger partial charge in [0, 0.05) is 13.6 Å². The maximum absolute atomic E-state index is 11.7. The second-order valence-electron chi connectivity index (χ2n) is 4.90. The van der Waals surface area contributed by atoms with E-state index in [-0.39, 0.29) is 5.97 Å². The number of para-hydroxylation sites is 2. The predicted molar refractivity (Wildman–Crippen MR) is 72.1 cm³/mol. The smallest absolute Gasteiger partial charge is 0.313 e. The normalized spacial score (nSPS) is 10.9. The quantitative estimate of drug-likeness (QED) is 0.753. The Bertz CT molecular complexity index is 415. The number of benzene rings is 1. The van der Waals surface area contributed by atoms with E-state index < -0.39 is 5.41 Å². The topological polar surface area (TPSA) is 38.8 Å². The summed E-state index contributed by atoms with van der Waals surface area (Å²) in [6, 6.07) is 7.73. The number of rotatable bonds is 5. The van der Waals surface area contributed by atoms with Crippen molar-refractivity contribution >= 4 is 11.7 Å². The number of carbonyl (C=O) groups excluding carboxylic acids is 1. The van der Waals surface area contributed by atoms with Crippen LogP contribution < -0.4 is 9.64 Å². The molecule has 0 aliphatic carbocycles. The van der Waals surface area contributed by atoms with Crippen molar-refractivity contribution in [3.8, 4) is 5.75 Å². The van der Waals surface area contributed by atoms with Gasteiger partial charge in [0.05, 0.1) is 25.3 Å².